The number of benzene rings is 1. The average molecular weight is 732 g/mol. The van der Waals surface area contributed by atoms with E-state index >= 15 is 0 Å². The van der Waals surface area contributed by atoms with Crippen LogP contribution in [0.2, 0.25) is 0 Å². The van der Waals surface area contributed by atoms with E-state index in [4.69, 9.17) is 18.9 Å². The molecule has 52 heavy (non-hydrogen) atoms. The molecule has 1 N–H and O–H groups in total. The Morgan fingerprint density at radius 3 is 2.12 bits per heavy atom. The Morgan fingerprint density at radius 1 is 0.962 bits per heavy atom. The third-order valence-corrected chi connectivity index (χ3v) is 10.3. The Labute approximate surface area is 311 Å². The number of Topliss-reactive ketones (excluding diaryl/α,β-unsaturated/α-hetero) is 1. The summed E-state index contributed by atoms with van der Waals surface area (Å²) in [6.45, 7) is 15.3. The van der Waals surface area contributed by atoms with Crippen LogP contribution >= 0.6 is 0 Å². The Hall–Kier alpha value is -3.51. The molecule has 1 aliphatic heterocycles. The van der Waals surface area contributed by atoms with Crippen LogP contribution < -0.4 is 5.32 Å². The number of methoxy groups -OCH3 is 3. The number of ether oxygens (including phenoxy) is 4. The van der Waals surface area contributed by atoms with E-state index in [9.17, 15) is 24.0 Å². The number of amides is 3. The lowest BCUT2D eigenvalue weighted by atomic mass is 9.85. The number of hydrogen-bond donors (Lipinski definition) is 1. The van der Waals surface area contributed by atoms with E-state index in [1.54, 1.807) is 51.7 Å². The molecule has 12 heteroatoms. The quantitative estimate of drug-likeness (QED) is 0.184. The summed E-state index contributed by atoms with van der Waals surface area (Å²) in [6, 6.07) is 7.83. The molecule has 0 spiro atoms. The molecule has 0 radical (unpaired) electrons. The fourth-order valence-electron chi connectivity index (χ4n) is 7.24. The summed E-state index contributed by atoms with van der Waals surface area (Å²) >= 11 is 0. The van der Waals surface area contributed by atoms with Gasteiger partial charge >= 0.3 is 12.1 Å². The van der Waals surface area contributed by atoms with Gasteiger partial charge in [0.15, 0.2) is 0 Å². The molecular formula is C40H65N3O9. The largest absolute Gasteiger partial charge is 0.469 e. The molecule has 1 aromatic carbocycles. The molecule has 2 rings (SSSR count). The molecular weight excluding hydrogens is 666 g/mol. The molecule has 12 nitrogen and oxygen atoms in total. The van der Waals surface area contributed by atoms with Crippen LogP contribution in [0.15, 0.2) is 30.3 Å². The number of ketones is 1. The lowest BCUT2D eigenvalue weighted by molar-refractivity contribution is -0.149. The zero-order valence-corrected chi connectivity index (χ0v) is 33.6. The highest BCUT2D eigenvalue weighted by Crippen LogP contribution is 2.31. The Kier molecular flexibility index (Phi) is 17.7. The molecule has 0 saturated carbocycles. The predicted octanol–water partition coefficient (Wildman–Crippen LogP) is 5.45. The van der Waals surface area contributed by atoms with Gasteiger partial charge in [-0.05, 0) is 57.4 Å². The summed E-state index contributed by atoms with van der Waals surface area (Å²) in [6.07, 6.45) is 0.579. The third-order valence-electron chi connectivity index (χ3n) is 10.3. The first-order chi connectivity index (χ1) is 24.4. The molecule has 0 bridgehead atoms. The van der Waals surface area contributed by atoms with Crippen molar-refractivity contribution in [2.24, 2.45) is 23.7 Å². The van der Waals surface area contributed by atoms with Crippen LogP contribution in [0.3, 0.4) is 0 Å². The van der Waals surface area contributed by atoms with Crippen molar-refractivity contribution in [3.8, 4) is 0 Å². The van der Waals surface area contributed by atoms with Crippen LogP contribution in [0, 0.1) is 23.7 Å². The SMILES string of the molecule is CC[C@H](C)[C@@H]([C@@H](CC(=O)N1CCC[C@H]1[C@H](OC)[C@@H](C)C(=O)C[C@@H](Cc1ccccc1)C(=O)OC)OC)N(C)C(=O)[C@@H](NC(=O)OC(C)(C)C)C(C)C. The van der Waals surface area contributed by atoms with Crippen LogP contribution in [0.25, 0.3) is 0 Å². The van der Waals surface area contributed by atoms with Crippen LogP contribution in [0.4, 0.5) is 4.79 Å². The smallest absolute Gasteiger partial charge is 0.408 e. The monoisotopic (exact) mass is 731 g/mol. The Bertz CT molecular complexity index is 1310. The van der Waals surface area contributed by atoms with E-state index < -0.39 is 53.8 Å². The molecule has 294 valence electrons. The van der Waals surface area contributed by atoms with E-state index in [0.29, 0.717) is 19.4 Å². The standard InChI is InChI=1S/C40H65N3O9/c1-13-26(4)35(42(9)37(46)34(25(2)3)41-39(48)52-40(6,7)8)32(49-10)24-33(45)43-21-17-20-30(43)36(50-11)27(5)31(44)23-29(38(47)51-12)22-28-18-15-14-16-19-28/h14-16,18-19,25-27,29-30,32,34-36H,13,17,20-24H2,1-12H3,(H,41,48)/t26-,27-,29+,30-,32+,34-,35-,36+/m0/s1. The lowest BCUT2D eigenvalue weighted by Gasteiger charge is -2.40. The predicted molar refractivity (Wildman–Crippen MR) is 199 cm³/mol. The number of nitrogens with zero attached hydrogens (tertiary/aromatic N) is 2. The number of hydrogen-bond acceptors (Lipinski definition) is 9. The number of nitrogens with one attached hydrogen (secondary N) is 1. The van der Waals surface area contributed by atoms with Crippen molar-refractivity contribution in [3.05, 3.63) is 35.9 Å². The van der Waals surface area contributed by atoms with Gasteiger partial charge in [-0.2, -0.15) is 0 Å². The minimum absolute atomic E-state index is 0.00567. The number of carbonyl (C=O) groups excluding carboxylic acids is 5. The first-order valence-electron chi connectivity index (χ1n) is 18.7. The molecule has 3 amide bonds. The number of likely N-dealkylation sites (N-methyl/N-ethyl adjacent to an activating group) is 1. The van der Waals surface area contributed by atoms with E-state index in [1.807, 2.05) is 58.0 Å². The van der Waals surface area contributed by atoms with Gasteiger partial charge in [0.25, 0.3) is 0 Å². The van der Waals surface area contributed by atoms with Crippen molar-refractivity contribution in [2.75, 3.05) is 34.9 Å². The van der Waals surface area contributed by atoms with Gasteiger partial charge in [0.05, 0.1) is 43.7 Å². The minimum atomic E-state index is -0.851. The second-order valence-electron chi connectivity index (χ2n) is 15.5. The van der Waals surface area contributed by atoms with Gasteiger partial charge in [0.2, 0.25) is 11.8 Å². The summed E-state index contributed by atoms with van der Waals surface area (Å²) in [5.41, 5.74) is 0.208. The van der Waals surface area contributed by atoms with Crippen LogP contribution in [0.1, 0.15) is 93.1 Å². The molecule has 0 aromatic heterocycles. The molecule has 1 aliphatic rings. The number of carbonyl (C=O) groups is 5. The molecule has 1 heterocycles. The highest BCUT2D eigenvalue weighted by molar-refractivity contribution is 5.87. The maximum atomic E-state index is 14.1. The van der Waals surface area contributed by atoms with E-state index in [-0.39, 0.29) is 48.3 Å². The van der Waals surface area contributed by atoms with E-state index in [0.717, 1.165) is 18.4 Å². The second-order valence-corrected chi connectivity index (χ2v) is 15.5. The Balaban J connectivity index is 2.26. The topological polar surface area (TPSA) is 141 Å². The first kappa shape index (κ1) is 44.7. The van der Waals surface area contributed by atoms with Gasteiger partial charge in [-0.3, -0.25) is 19.2 Å². The normalized spacial score (nSPS) is 18.8. The minimum Gasteiger partial charge on any atom is -0.469 e. The number of rotatable bonds is 19. The summed E-state index contributed by atoms with van der Waals surface area (Å²) in [7, 11) is 6.10. The number of alkyl carbamates (subject to hydrolysis) is 1. The number of likely N-dealkylation sites (tertiary alicyclic amines) is 1. The molecule has 1 fully saturated rings. The zero-order chi connectivity index (χ0) is 39.3. The van der Waals surface area contributed by atoms with Crippen molar-refractivity contribution < 1.29 is 42.9 Å². The van der Waals surface area contributed by atoms with Crippen molar-refractivity contribution >= 4 is 29.7 Å². The highest BCUT2D eigenvalue weighted by atomic mass is 16.6. The fourth-order valence-corrected chi connectivity index (χ4v) is 7.24. The maximum Gasteiger partial charge on any atom is 0.408 e. The van der Waals surface area contributed by atoms with Gasteiger partial charge < -0.3 is 34.1 Å². The van der Waals surface area contributed by atoms with Gasteiger partial charge in [0, 0.05) is 40.2 Å². The van der Waals surface area contributed by atoms with Gasteiger partial charge in [-0.25, -0.2) is 4.79 Å². The lowest BCUT2D eigenvalue weighted by Crippen LogP contribution is -2.58. The second kappa shape index (κ2) is 20.7. The fraction of sp³-hybridized carbons (Fsp3) is 0.725. The summed E-state index contributed by atoms with van der Waals surface area (Å²) in [5, 5.41) is 2.75. The van der Waals surface area contributed by atoms with Gasteiger partial charge in [-0.15, -0.1) is 0 Å². The summed E-state index contributed by atoms with van der Waals surface area (Å²) < 4.78 is 22.4. The third kappa shape index (κ3) is 12.6. The summed E-state index contributed by atoms with van der Waals surface area (Å²) in [5.74, 6) is -2.55. The van der Waals surface area contributed by atoms with Crippen molar-refractivity contribution in [3.63, 3.8) is 0 Å². The van der Waals surface area contributed by atoms with Crippen molar-refractivity contribution in [1.82, 2.24) is 15.1 Å². The maximum absolute atomic E-state index is 14.1. The van der Waals surface area contributed by atoms with Crippen LogP contribution in [-0.4, -0.2) is 110 Å². The molecule has 1 aromatic rings. The summed E-state index contributed by atoms with van der Waals surface area (Å²) in [4.78, 5) is 70.6. The zero-order valence-electron chi connectivity index (χ0n) is 33.6. The average Bonchev–Trinajstić information content (AvgIpc) is 3.58. The van der Waals surface area contributed by atoms with Crippen LogP contribution in [0.5, 0.6) is 0 Å². The van der Waals surface area contributed by atoms with Crippen LogP contribution in [-0.2, 0) is 44.5 Å². The molecule has 0 unspecified atom stereocenters. The molecule has 0 aliphatic carbocycles. The van der Waals surface area contributed by atoms with Gasteiger partial charge in [-0.1, -0.05) is 71.4 Å². The van der Waals surface area contributed by atoms with Crippen molar-refractivity contribution in [2.45, 2.75) is 130 Å². The Morgan fingerprint density at radius 2 is 1.60 bits per heavy atom. The molecule has 1 saturated heterocycles. The van der Waals surface area contributed by atoms with E-state index in [1.165, 1.54) is 14.2 Å². The van der Waals surface area contributed by atoms with Gasteiger partial charge in [0.1, 0.15) is 17.4 Å². The van der Waals surface area contributed by atoms with E-state index in [2.05, 4.69) is 5.32 Å². The number of esters is 1. The van der Waals surface area contributed by atoms with Crippen molar-refractivity contribution in [1.29, 1.82) is 0 Å². The molecule has 8 atom stereocenters. The highest BCUT2D eigenvalue weighted by Gasteiger charge is 2.43. The first-order valence-corrected chi connectivity index (χ1v) is 18.7.